The predicted octanol–water partition coefficient (Wildman–Crippen LogP) is 13.0. The highest BCUT2D eigenvalue weighted by molar-refractivity contribution is 6.26. The Kier molecular flexibility index (Phi) is 7.84. The van der Waals surface area contributed by atoms with Crippen LogP contribution in [0.2, 0.25) is 0 Å². The Morgan fingerprint density at radius 3 is 1.49 bits per heavy atom. The van der Waals surface area contributed by atoms with Crippen LogP contribution in [-0.4, -0.2) is 9.13 Å². The molecule has 0 unspecified atom stereocenters. The molecule has 0 spiro atoms. The Morgan fingerprint density at radius 1 is 0.314 bits per heavy atom. The third kappa shape index (κ3) is 5.61. The summed E-state index contributed by atoms with van der Waals surface area (Å²) in [7, 11) is 0. The fourth-order valence-corrected chi connectivity index (χ4v) is 7.14. The fraction of sp³-hybridized carbons (Fsp3) is 0. The number of hydrogen-bond acceptors (Lipinski definition) is 1. The SMILES string of the molecule is c1ccc(Oc2ccc(-c3ccc(-n4c5ccc6ccccc6c5c5c4c4ccccc4n5-c4ccccc4)cc3)cc2)cc1.c1ccccc1. The minimum absolute atomic E-state index is 0.824. The molecular weight excluding hydrogens is 621 g/mol. The van der Waals surface area contributed by atoms with Crippen LogP contribution in [-0.2, 0) is 0 Å². The van der Waals surface area contributed by atoms with E-state index in [9.17, 15) is 0 Å². The zero-order valence-corrected chi connectivity index (χ0v) is 27.9. The molecule has 0 N–H and O–H groups in total. The van der Waals surface area contributed by atoms with Crippen LogP contribution >= 0.6 is 0 Å². The molecule has 242 valence electrons. The van der Waals surface area contributed by atoms with Gasteiger partial charge in [-0.1, -0.05) is 146 Å². The average Bonchev–Trinajstić information content (AvgIpc) is 3.73. The minimum Gasteiger partial charge on any atom is -0.457 e. The van der Waals surface area contributed by atoms with E-state index < -0.39 is 0 Å². The van der Waals surface area contributed by atoms with Crippen LogP contribution in [0.4, 0.5) is 0 Å². The Hall–Kier alpha value is -6.84. The van der Waals surface area contributed by atoms with Crippen molar-refractivity contribution < 1.29 is 4.74 Å². The number of hydrogen-bond donors (Lipinski definition) is 0. The van der Waals surface area contributed by atoms with Crippen molar-refractivity contribution in [2.75, 3.05) is 0 Å². The molecule has 10 rings (SSSR count). The summed E-state index contributed by atoms with van der Waals surface area (Å²) in [5, 5.41) is 4.99. The number of fused-ring (bicyclic) bond motifs is 7. The largest absolute Gasteiger partial charge is 0.457 e. The number of rotatable bonds is 5. The monoisotopic (exact) mass is 654 g/mol. The Bertz CT molecular complexity index is 2700. The molecular formula is C48H34N2O. The highest BCUT2D eigenvalue weighted by Crippen LogP contribution is 2.43. The first-order valence-electron chi connectivity index (χ1n) is 17.3. The van der Waals surface area contributed by atoms with Crippen LogP contribution in [0.1, 0.15) is 0 Å². The van der Waals surface area contributed by atoms with E-state index in [1.165, 1.54) is 43.6 Å². The third-order valence-electron chi connectivity index (χ3n) is 9.43. The van der Waals surface area contributed by atoms with Gasteiger partial charge >= 0.3 is 0 Å². The van der Waals surface area contributed by atoms with Gasteiger partial charge in [0.15, 0.2) is 0 Å². The van der Waals surface area contributed by atoms with Crippen LogP contribution in [0.25, 0.3) is 66.1 Å². The first-order chi connectivity index (χ1) is 25.3. The van der Waals surface area contributed by atoms with Gasteiger partial charge in [0.25, 0.3) is 0 Å². The molecule has 0 bridgehead atoms. The Labute approximate surface area is 296 Å². The second-order valence-corrected chi connectivity index (χ2v) is 12.5. The smallest absolute Gasteiger partial charge is 0.127 e. The van der Waals surface area contributed by atoms with E-state index in [0.29, 0.717) is 0 Å². The molecule has 3 heteroatoms. The van der Waals surface area contributed by atoms with Gasteiger partial charge in [0, 0.05) is 22.1 Å². The lowest BCUT2D eigenvalue weighted by Crippen LogP contribution is -1.94. The quantitative estimate of drug-likeness (QED) is 0.181. The summed E-state index contributed by atoms with van der Waals surface area (Å²) >= 11 is 0. The van der Waals surface area contributed by atoms with Crippen LogP contribution in [0, 0.1) is 0 Å². The van der Waals surface area contributed by atoms with Crippen molar-refractivity contribution in [1.29, 1.82) is 0 Å². The molecule has 3 nitrogen and oxygen atoms in total. The molecule has 0 saturated heterocycles. The summed E-state index contributed by atoms with van der Waals surface area (Å²) < 4.78 is 10.9. The molecule has 0 aliphatic heterocycles. The van der Waals surface area contributed by atoms with Gasteiger partial charge in [0.1, 0.15) is 11.5 Å². The zero-order chi connectivity index (χ0) is 34.0. The van der Waals surface area contributed by atoms with Gasteiger partial charge in [-0.05, 0) is 82.6 Å². The predicted molar refractivity (Wildman–Crippen MR) is 214 cm³/mol. The van der Waals surface area contributed by atoms with Crippen LogP contribution < -0.4 is 4.74 Å². The number of para-hydroxylation sites is 3. The highest BCUT2D eigenvalue weighted by Gasteiger charge is 2.23. The van der Waals surface area contributed by atoms with Crippen molar-refractivity contribution in [2.24, 2.45) is 0 Å². The van der Waals surface area contributed by atoms with Gasteiger partial charge in [-0.25, -0.2) is 0 Å². The summed E-state index contributed by atoms with van der Waals surface area (Å²) in [6.45, 7) is 0. The maximum absolute atomic E-state index is 6.01. The average molecular weight is 655 g/mol. The van der Waals surface area contributed by atoms with Crippen LogP contribution in [0.15, 0.2) is 206 Å². The number of benzene rings is 8. The molecule has 8 aromatic carbocycles. The molecule has 0 saturated carbocycles. The van der Waals surface area contributed by atoms with Crippen molar-refractivity contribution >= 4 is 43.6 Å². The molecule has 0 aliphatic carbocycles. The topological polar surface area (TPSA) is 19.1 Å². The van der Waals surface area contributed by atoms with E-state index in [-0.39, 0.29) is 0 Å². The van der Waals surface area contributed by atoms with E-state index in [1.807, 2.05) is 78.9 Å². The molecule has 10 aromatic rings. The third-order valence-corrected chi connectivity index (χ3v) is 9.43. The van der Waals surface area contributed by atoms with Gasteiger partial charge in [-0.3, -0.25) is 0 Å². The van der Waals surface area contributed by atoms with E-state index in [0.717, 1.165) is 34.0 Å². The molecule has 0 fully saturated rings. The minimum atomic E-state index is 0.824. The van der Waals surface area contributed by atoms with Crippen LogP contribution in [0.5, 0.6) is 11.5 Å². The highest BCUT2D eigenvalue weighted by atomic mass is 16.5. The lowest BCUT2D eigenvalue weighted by molar-refractivity contribution is 0.483. The maximum Gasteiger partial charge on any atom is 0.127 e. The van der Waals surface area contributed by atoms with Gasteiger partial charge in [0.05, 0.1) is 22.1 Å². The van der Waals surface area contributed by atoms with E-state index in [4.69, 9.17) is 4.74 Å². The van der Waals surface area contributed by atoms with E-state index in [1.54, 1.807) is 0 Å². The molecule has 0 aliphatic rings. The summed E-state index contributed by atoms with van der Waals surface area (Å²) in [6.07, 6.45) is 0. The van der Waals surface area contributed by atoms with Gasteiger partial charge in [0.2, 0.25) is 0 Å². The molecule has 2 heterocycles. The van der Waals surface area contributed by atoms with Gasteiger partial charge in [-0.2, -0.15) is 0 Å². The summed E-state index contributed by atoms with van der Waals surface area (Å²) in [4.78, 5) is 0. The summed E-state index contributed by atoms with van der Waals surface area (Å²) in [6, 6.07) is 71.8. The Balaban J connectivity index is 0.000000529. The van der Waals surface area contributed by atoms with Crippen molar-refractivity contribution in [3.05, 3.63) is 206 Å². The van der Waals surface area contributed by atoms with Crippen molar-refractivity contribution in [2.45, 2.75) is 0 Å². The molecule has 0 amide bonds. The second kappa shape index (κ2) is 13.2. The first kappa shape index (κ1) is 30.2. The first-order valence-corrected chi connectivity index (χ1v) is 17.3. The van der Waals surface area contributed by atoms with Crippen molar-refractivity contribution in [3.63, 3.8) is 0 Å². The van der Waals surface area contributed by atoms with Gasteiger partial charge < -0.3 is 13.9 Å². The zero-order valence-electron chi connectivity index (χ0n) is 27.9. The van der Waals surface area contributed by atoms with Crippen LogP contribution in [0.3, 0.4) is 0 Å². The lowest BCUT2D eigenvalue weighted by atomic mass is 10.0. The van der Waals surface area contributed by atoms with E-state index >= 15 is 0 Å². The molecule has 0 radical (unpaired) electrons. The standard InChI is InChI=1S/C42H28N2O.C6H6/c1-3-12-32(13-4-1)43-38-18-10-9-17-37(38)41-42(43)40-36-16-8-7-11-31(36)23-28-39(40)44(41)33-24-19-29(20-25-33)30-21-26-35(27-22-30)45-34-14-5-2-6-15-34;1-2-4-6-5-3-1/h1-28H;1-6H. The Morgan fingerprint density at radius 2 is 0.804 bits per heavy atom. The number of ether oxygens (including phenoxy) is 1. The molecule has 2 aromatic heterocycles. The number of nitrogens with zero attached hydrogens (tertiary/aromatic N) is 2. The summed E-state index contributed by atoms with van der Waals surface area (Å²) in [5.41, 5.74) is 9.45. The van der Waals surface area contributed by atoms with Gasteiger partial charge in [-0.15, -0.1) is 0 Å². The lowest BCUT2D eigenvalue weighted by Gasteiger charge is -2.11. The fourth-order valence-electron chi connectivity index (χ4n) is 7.14. The number of aromatic nitrogens is 2. The summed E-state index contributed by atoms with van der Waals surface area (Å²) in [5.74, 6) is 1.66. The van der Waals surface area contributed by atoms with E-state index in [2.05, 4.69) is 137 Å². The normalized spacial score (nSPS) is 11.1. The molecule has 51 heavy (non-hydrogen) atoms. The molecule has 0 atom stereocenters. The van der Waals surface area contributed by atoms with Crippen molar-refractivity contribution in [1.82, 2.24) is 9.13 Å². The van der Waals surface area contributed by atoms with Crippen molar-refractivity contribution in [3.8, 4) is 34.0 Å². The maximum atomic E-state index is 6.01. The second-order valence-electron chi connectivity index (χ2n) is 12.5.